The van der Waals surface area contributed by atoms with Crippen LogP contribution in [0.15, 0.2) is 45.3 Å². The van der Waals surface area contributed by atoms with E-state index < -0.39 is 0 Å². The largest absolute Gasteiger partial charge is 0.423 e. The Bertz CT molecular complexity index is 753. The average molecular weight is 323 g/mol. The van der Waals surface area contributed by atoms with Crippen LogP contribution in [0.1, 0.15) is 24.8 Å². The Balaban J connectivity index is 1.43. The molecule has 0 radical (unpaired) electrons. The van der Waals surface area contributed by atoms with Crippen LogP contribution in [0.5, 0.6) is 0 Å². The third kappa shape index (κ3) is 4.04. The van der Waals surface area contributed by atoms with Crippen molar-refractivity contribution in [2.45, 2.75) is 31.3 Å². The van der Waals surface area contributed by atoms with Crippen molar-refractivity contribution in [1.29, 1.82) is 0 Å². The molecule has 2 heterocycles. The maximum atomic E-state index is 12.0. The zero-order valence-electron chi connectivity index (χ0n) is 13.1. The summed E-state index contributed by atoms with van der Waals surface area (Å²) in [5.74, 6) is 3.01. The van der Waals surface area contributed by atoms with E-state index in [1.807, 2.05) is 24.3 Å². The van der Waals surface area contributed by atoms with Gasteiger partial charge in [-0.2, -0.15) is 10.2 Å². The minimum atomic E-state index is -0.356. The van der Waals surface area contributed by atoms with Crippen molar-refractivity contribution < 1.29 is 9.21 Å². The molecule has 1 N–H and O–H groups in total. The van der Waals surface area contributed by atoms with Gasteiger partial charge >= 0.3 is 0 Å². The Morgan fingerprint density at radius 3 is 2.67 bits per heavy atom. The molecule has 1 amide bonds. The predicted octanol–water partition coefficient (Wildman–Crippen LogP) is 2.36. The topological polar surface area (TPSA) is 92.7 Å². The summed E-state index contributed by atoms with van der Waals surface area (Å²) in [4.78, 5) is 12.0. The molecule has 0 atom stereocenters. The van der Waals surface area contributed by atoms with Crippen LogP contribution < -0.4 is 5.32 Å². The van der Waals surface area contributed by atoms with Gasteiger partial charge in [0.25, 0.3) is 0 Å². The van der Waals surface area contributed by atoms with Crippen LogP contribution >= 0.6 is 0 Å². The Kier molecular flexibility index (Phi) is 4.66. The van der Waals surface area contributed by atoms with Crippen molar-refractivity contribution in [3.05, 3.63) is 36.2 Å². The maximum absolute atomic E-state index is 12.0. The molecule has 7 heteroatoms. The number of terminal acetylenes is 1. The first-order valence-electron chi connectivity index (χ1n) is 7.70. The third-order valence-electron chi connectivity index (χ3n) is 3.83. The first-order valence-corrected chi connectivity index (χ1v) is 7.70. The van der Waals surface area contributed by atoms with Crippen LogP contribution in [0.25, 0.3) is 11.5 Å². The highest BCUT2D eigenvalue weighted by Gasteiger charge is 2.38. The fourth-order valence-corrected chi connectivity index (χ4v) is 2.38. The molecule has 1 aromatic carbocycles. The minimum Gasteiger partial charge on any atom is -0.423 e. The summed E-state index contributed by atoms with van der Waals surface area (Å²) >= 11 is 0. The van der Waals surface area contributed by atoms with E-state index >= 15 is 0 Å². The van der Waals surface area contributed by atoms with Crippen LogP contribution in [0, 0.1) is 12.3 Å². The first kappa shape index (κ1) is 15.9. The third-order valence-corrected chi connectivity index (χ3v) is 3.83. The van der Waals surface area contributed by atoms with Gasteiger partial charge in [-0.15, -0.1) is 22.5 Å². The zero-order valence-corrected chi connectivity index (χ0v) is 13.1. The van der Waals surface area contributed by atoms with Crippen molar-refractivity contribution in [1.82, 2.24) is 15.5 Å². The number of benzene rings is 1. The molecule has 24 heavy (non-hydrogen) atoms. The number of nitrogens with one attached hydrogen (secondary N) is 1. The number of nitrogens with zero attached hydrogens (tertiary/aromatic N) is 4. The summed E-state index contributed by atoms with van der Waals surface area (Å²) in [6, 6.07) is 7.46. The molecule has 0 aliphatic carbocycles. The van der Waals surface area contributed by atoms with Gasteiger partial charge in [0.2, 0.25) is 18.2 Å². The fraction of sp³-hybridized carbons (Fsp3) is 0.353. The summed E-state index contributed by atoms with van der Waals surface area (Å²) in [7, 11) is 0. The summed E-state index contributed by atoms with van der Waals surface area (Å²) in [6.07, 6.45) is 8.93. The summed E-state index contributed by atoms with van der Waals surface area (Å²) in [5.41, 5.74) is 1.38. The van der Waals surface area contributed by atoms with E-state index in [0.717, 1.165) is 17.5 Å². The van der Waals surface area contributed by atoms with Gasteiger partial charge in [0.05, 0.1) is 6.42 Å². The highest BCUT2D eigenvalue weighted by Crippen LogP contribution is 2.35. The van der Waals surface area contributed by atoms with E-state index in [4.69, 9.17) is 10.8 Å². The van der Waals surface area contributed by atoms with Crippen LogP contribution in [-0.4, -0.2) is 28.3 Å². The molecule has 2 aromatic rings. The van der Waals surface area contributed by atoms with E-state index in [2.05, 4.69) is 31.7 Å². The summed E-state index contributed by atoms with van der Waals surface area (Å²) in [6.45, 7) is 0.538. The van der Waals surface area contributed by atoms with E-state index in [9.17, 15) is 4.79 Å². The highest BCUT2D eigenvalue weighted by molar-refractivity contribution is 5.78. The molecule has 1 aliphatic heterocycles. The van der Waals surface area contributed by atoms with Crippen molar-refractivity contribution in [3.8, 4) is 23.8 Å². The highest BCUT2D eigenvalue weighted by atomic mass is 16.4. The van der Waals surface area contributed by atoms with Crippen molar-refractivity contribution in [2.75, 3.05) is 6.54 Å². The average Bonchev–Trinajstić information content (AvgIpc) is 3.14. The van der Waals surface area contributed by atoms with Crippen LogP contribution in [-0.2, 0) is 11.2 Å². The lowest BCUT2D eigenvalue weighted by molar-refractivity contribution is -0.120. The number of aromatic nitrogens is 2. The summed E-state index contributed by atoms with van der Waals surface area (Å²) < 4.78 is 5.13. The van der Waals surface area contributed by atoms with Gasteiger partial charge in [0.1, 0.15) is 0 Å². The molecule has 0 fully saturated rings. The van der Waals surface area contributed by atoms with E-state index in [0.29, 0.717) is 31.7 Å². The second-order valence-corrected chi connectivity index (χ2v) is 5.60. The lowest BCUT2D eigenvalue weighted by atomic mass is 10.0. The van der Waals surface area contributed by atoms with Crippen LogP contribution in [0.2, 0.25) is 0 Å². The van der Waals surface area contributed by atoms with E-state index in [1.54, 1.807) is 0 Å². The van der Waals surface area contributed by atoms with E-state index in [-0.39, 0.29) is 11.6 Å². The molecule has 0 saturated carbocycles. The van der Waals surface area contributed by atoms with Crippen molar-refractivity contribution >= 4 is 5.91 Å². The summed E-state index contributed by atoms with van der Waals surface area (Å²) in [5, 5.41) is 18.5. The van der Waals surface area contributed by atoms with Gasteiger partial charge in [-0.25, -0.2) is 0 Å². The Labute approximate surface area is 139 Å². The van der Waals surface area contributed by atoms with Gasteiger partial charge in [0, 0.05) is 31.4 Å². The van der Waals surface area contributed by atoms with Crippen molar-refractivity contribution in [2.24, 2.45) is 10.2 Å². The monoisotopic (exact) mass is 323 g/mol. The standard InChI is InChI=1S/C17H17N5O2/c1-2-3-8-17(21-22-17)9-10-18-15(23)11-13-4-6-14(7-5-13)16-20-19-12-24-16/h1,4-7,12H,3,8-11H2,(H,18,23). The lowest BCUT2D eigenvalue weighted by Crippen LogP contribution is -2.29. The molecule has 7 nitrogen and oxygen atoms in total. The van der Waals surface area contributed by atoms with Gasteiger partial charge in [-0.1, -0.05) is 12.1 Å². The number of amides is 1. The maximum Gasteiger partial charge on any atom is 0.247 e. The molecule has 122 valence electrons. The molecule has 1 aromatic heterocycles. The predicted molar refractivity (Wildman–Crippen MR) is 86.7 cm³/mol. The Morgan fingerprint density at radius 2 is 2.04 bits per heavy atom. The second-order valence-electron chi connectivity index (χ2n) is 5.60. The smallest absolute Gasteiger partial charge is 0.247 e. The van der Waals surface area contributed by atoms with Crippen molar-refractivity contribution in [3.63, 3.8) is 0 Å². The van der Waals surface area contributed by atoms with Gasteiger partial charge in [-0.3, -0.25) is 4.79 Å². The zero-order chi connectivity index (χ0) is 16.8. The number of carbonyl (C=O) groups is 1. The number of rotatable bonds is 8. The SMILES string of the molecule is C#CCCC1(CCNC(=O)Cc2ccc(-c3nnco3)cc2)N=N1. The fourth-order valence-electron chi connectivity index (χ4n) is 2.38. The lowest BCUT2D eigenvalue weighted by Gasteiger charge is -2.10. The first-order chi connectivity index (χ1) is 11.7. The number of hydrogen-bond acceptors (Lipinski definition) is 6. The Morgan fingerprint density at radius 1 is 1.25 bits per heavy atom. The molecule has 0 bridgehead atoms. The minimum absolute atomic E-state index is 0.0340. The number of carbonyl (C=O) groups excluding carboxylic acids is 1. The second kappa shape index (κ2) is 7.04. The van der Waals surface area contributed by atoms with Crippen LogP contribution in [0.4, 0.5) is 0 Å². The van der Waals surface area contributed by atoms with Crippen LogP contribution in [0.3, 0.4) is 0 Å². The normalized spacial score (nSPS) is 14.1. The molecule has 0 spiro atoms. The molecular weight excluding hydrogens is 306 g/mol. The molecular formula is C17H17N5O2. The molecule has 0 unspecified atom stereocenters. The molecule has 1 aliphatic rings. The van der Waals surface area contributed by atoms with Gasteiger partial charge < -0.3 is 9.73 Å². The van der Waals surface area contributed by atoms with Gasteiger partial charge in [-0.05, 0) is 17.7 Å². The molecule has 3 rings (SSSR count). The molecule has 0 saturated heterocycles. The van der Waals surface area contributed by atoms with Gasteiger partial charge in [0.15, 0.2) is 5.66 Å². The Hall–Kier alpha value is -3.01. The number of hydrogen-bond donors (Lipinski definition) is 1. The van der Waals surface area contributed by atoms with E-state index in [1.165, 1.54) is 6.39 Å². The quantitative estimate of drug-likeness (QED) is 0.755.